The summed E-state index contributed by atoms with van der Waals surface area (Å²) in [7, 11) is 0. The number of carbonyl (C=O) groups excluding carboxylic acids is 1. The highest BCUT2D eigenvalue weighted by molar-refractivity contribution is 5.90. The largest absolute Gasteiger partial charge is 0.480 e. The van der Waals surface area contributed by atoms with Crippen LogP contribution >= 0.6 is 0 Å². The number of nitrogens with zero attached hydrogens (tertiary/aromatic N) is 1. The van der Waals surface area contributed by atoms with Crippen LogP contribution in [0.5, 0.6) is 0 Å². The van der Waals surface area contributed by atoms with E-state index in [1.54, 1.807) is 0 Å². The minimum absolute atomic E-state index is 0.195. The second kappa shape index (κ2) is 5.56. The van der Waals surface area contributed by atoms with E-state index < -0.39 is 5.97 Å². The Morgan fingerprint density at radius 3 is 2.74 bits per heavy atom. The van der Waals surface area contributed by atoms with Gasteiger partial charge in [-0.1, -0.05) is 18.2 Å². The Labute approximate surface area is 110 Å². The molecule has 2 N–H and O–H groups in total. The van der Waals surface area contributed by atoms with Crippen LogP contribution in [0.25, 0.3) is 10.9 Å². The van der Waals surface area contributed by atoms with Crippen molar-refractivity contribution in [1.82, 2.24) is 9.88 Å². The summed E-state index contributed by atoms with van der Waals surface area (Å²) >= 11 is 0. The Balaban J connectivity index is 2.21. The molecule has 0 radical (unpaired) electrons. The number of amides is 1. The van der Waals surface area contributed by atoms with Crippen LogP contribution < -0.4 is 5.32 Å². The number of hydrogen-bond donors (Lipinski definition) is 2. The number of aromatic nitrogens is 1. The van der Waals surface area contributed by atoms with Gasteiger partial charge in [0.25, 0.3) is 0 Å². The van der Waals surface area contributed by atoms with Crippen LogP contribution in [-0.4, -0.2) is 28.1 Å². The van der Waals surface area contributed by atoms with Crippen molar-refractivity contribution < 1.29 is 14.7 Å². The van der Waals surface area contributed by atoms with Crippen molar-refractivity contribution in [3.63, 3.8) is 0 Å². The Hall–Kier alpha value is -2.30. The van der Waals surface area contributed by atoms with E-state index in [-0.39, 0.29) is 18.9 Å². The number of rotatable bonds is 5. The SMILES string of the molecule is CCn1cc(CC(=O)NCC(=O)O)c2ccccc21. The van der Waals surface area contributed by atoms with Crippen LogP contribution in [-0.2, 0) is 22.6 Å². The number of carboxylic acid groups (broad SMARTS) is 1. The summed E-state index contributed by atoms with van der Waals surface area (Å²) in [4.78, 5) is 22.1. The van der Waals surface area contributed by atoms with Crippen LogP contribution in [0.15, 0.2) is 30.5 Å². The standard InChI is InChI=1S/C14H16N2O3/c1-2-16-9-10(7-13(17)15-8-14(18)19)11-5-3-4-6-12(11)16/h3-6,9H,2,7-8H2,1H3,(H,15,17)(H,18,19). The van der Waals surface area contributed by atoms with E-state index in [0.717, 1.165) is 23.0 Å². The van der Waals surface area contributed by atoms with Crippen LogP contribution in [0.3, 0.4) is 0 Å². The third-order valence-electron chi connectivity index (χ3n) is 3.00. The van der Waals surface area contributed by atoms with Crippen molar-refractivity contribution >= 4 is 22.8 Å². The van der Waals surface area contributed by atoms with Crippen molar-refractivity contribution in [1.29, 1.82) is 0 Å². The Morgan fingerprint density at radius 1 is 1.32 bits per heavy atom. The minimum Gasteiger partial charge on any atom is -0.480 e. The molecular weight excluding hydrogens is 244 g/mol. The lowest BCUT2D eigenvalue weighted by Crippen LogP contribution is -2.30. The third-order valence-corrected chi connectivity index (χ3v) is 3.00. The topological polar surface area (TPSA) is 71.3 Å². The number of hydrogen-bond acceptors (Lipinski definition) is 2. The molecule has 0 atom stereocenters. The van der Waals surface area contributed by atoms with Gasteiger partial charge in [-0.2, -0.15) is 0 Å². The average molecular weight is 260 g/mol. The van der Waals surface area contributed by atoms with Gasteiger partial charge < -0.3 is 15.0 Å². The van der Waals surface area contributed by atoms with Crippen LogP contribution in [0.4, 0.5) is 0 Å². The molecule has 0 fully saturated rings. The molecule has 0 bridgehead atoms. The summed E-state index contributed by atoms with van der Waals surface area (Å²) in [6.45, 7) is 2.53. The van der Waals surface area contributed by atoms with Gasteiger partial charge in [0, 0.05) is 23.6 Å². The Bertz CT molecular complexity index is 616. The molecule has 0 aliphatic rings. The number of carboxylic acids is 1. The molecule has 19 heavy (non-hydrogen) atoms. The zero-order valence-electron chi connectivity index (χ0n) is 10.7. The fraction of sp³-hybridized carbons (Fsp3) is 0.286. The monoisotopic (exact) mass is 260 g/mol. The molecule has 0 saturated heterocycles. The molecule has 0 aliphatic carbocycles. The Morgan fingerprint density at radius 2 is 2.05 bits per heavy atom. The summed E-state index contributed by atoms with van der Waals surface area (Å²) in [5, 5.41) is 11.9. The van der Waals surface area contributed by atoms with Crippen LogP contribution in [0, 0.1) is 0 Å². The van der Waals surface area contributed by atoms with Gasteiger partial charge in [-0.3, -0.25) is 9.59 Å². The predicted octanol–water partition coefficient (Wildman–Crippen LogP) is 1.40. The van der Waals surface area contributed by atoms with Gasteiger partial charge in [-0.05, 0) is 18.6 Å². The molecule has 1 aromatic heterocycles. The fourth-order valence-electron chi connectivity index (χ4n) is 2.14. The molecule has 0 aliphatic heterocycles. The maximum Gasteiger partial charge on any atom is 0.322 e. The molecule has 0 spiro atoms. The van der Waals surface area contributed by atoms with Crippen molar-refractivity contribution in [2.45, 2.75) is 19.9 Å². The van der Waals surface area contributed by atoms with E-state index in [4.69, 9.17) is 5.11 Å². The summed E-state index contributed by atoms with van der Waals surface area (Å²) in [5.41, 5.74) is 2.01. The smallest absolute Gasteiger partial charge is 0.322 e. The molecule has 1 aromatic carbocycles. The number of benzene rings is 1. The van der Waals surface area contributed by atoms with E-state index in [1.807, 2.05) is 37.4 Å². The summed E-state index contributed by atoms with van der Waals surface area (Å²) in [6.07, 6.45) is 2.14. The average Bonchev–Trinajstić information content (AvgIpc) is 2.75. The normalized spacial score (nSPS) is 10.6. The summed E-state index contributed by atoms with van der Waals surface area (Å²) in [6, 6.07) is 7.88. The van der Waals surface area contributed by atoms with Gasteiger partial charge in [0.1, 0.15) is 6.54 Å². The van der Waals surface area contributed by atoms with E-state index in [0.29, 0.717) is 0 Å². The van der Waals surface area contributed by atoms with Crippen LogP contribution in [0.2, 0.25) is 0 Å². The van der Waals surface area contributed by atoms with Crippen molar-refractivity contribution in [2.75, 3.05) is 6.54 Å². The van der Waals surface area contributed by atoms with Crippen LogP contribution in [0.1, 0.15) is 12.5 Å². The van der Waals surface area contributed by atoms with Crippen molar-refractivity contribution in [2.24, 2.45) is 0 Å². The number of carbonyl (C=O) groups is 2. The molecule has 100 valence electrons. The second-order valence-corrected chi connectivity index (χ2v) is 4.30. The number of nitrogens with one attached hydrogen (secondary N) is 1. The number of aliphatic carboxylic acids is 1. The molecular formula is C14H16N2O3. The molecule has 2 rings (SSSR count). The second-order valence-electron chi connectivity index (χ2n) is 4.30. The van der Waals surface area contributed by atoms with Gasteiger partial charge in [0.15, 0.2) is 0 Å². The number of fused-ring (bicyclic) bond motifs is 1. The minimum atomic E-state index is -1.04. The highest BCUT2D eigenvalue weighted by Gasteiger charge is 2.11. The lowest BCUT2D eigenvalue weighted by Gasteiger charge is -2.01. The summed E-state index contributed by atoms with van der Waals surface area (Å²) < 4.78 is 2.08. The van der Waals surface area contributed by atoms with Gasteiger partial charge >= 0.3 is 5.97 Å². The molecule has 0 saturated carbocycles. The maximum absolute atomic E-state index is 11.7. The van der Waals surface area contributed by atoms with Crippen molar-refractivity contribution in [3.05, 3.63) is 36.0 Å². The molecule has 0 unspecified atom stereocenters. The molecule has 1 heterocycles. The first-order valence-electron chi connectivity index (χ1n) is 6.17. The highest BCUT2D eigenvalue weighted by atomic mass is 16.4. The van der Waals surface area contributed by atoms with Crippen molar-refractivity contribution in [3.8, 4) is 0 Å². The first-order valence-corrected chi connectivity index (χ1v) is 6.17. The number of aryl methyl sites for hydroxylation is 1. The van der Waals surface area contributed by atoms with Gasteiger partial charge in [-0.15, -0.1) is 0 Å². The van der Waals surface area contributed by atoms with E-state index in [9.17, 15) is 9.59 Å². The van der Waals surface area contributed by atoms with Gasteiger partial charge in [-0.25, -0.2) is 0 Å². The highest BCUT2D eigenvalue weighted by Crippen LogP contribution is 2.21. The molecule has 1 amide bonds. The zero-order chi connectivity index (χ0) is 13.8. The van der Waals surface area contributed by atoms with E-state index >= 15 is 0 Å². The predicted molar refractivity (Wildman–Crippen MR) is 72.0 cm³/mol. The van der Waals surface area contributed by atoms with E-state index in [2.05, 4.69) is 9.88 Å². The van der Waals surface area contributed by atoms with Gasteiger partial charge in [0.2, 0.25) is 5.91 Å². The molecule has 5 heteroatoms. The number of para-hydroxylation sites is 1. The third kappa shape index (κ3) is 2.93. The Kier molecular flexibility index (Phi) is 3.85. The zero-order valence-corrected chi connectivity index (χ0v) is 10.7. The summed E-state index contributed by atoms with van der Waals surface area (Å²) in [5.74, 6) is -1.31. The maximum atomic E-state index is 11.7. The molecule has 2 aromatic rings. The first kappa shape index (κ1) is 13.1. The lowest BCUT2D eigenvalue weighted by molar-refractivity contribution is -0.137. The van der Waals surface area contributed by atoms with Gasteiger partial charge in [0.05, 0.1) is 6.42 Å². The quantitative estimate of drug-likeness (QED) is 0.853. The fourth-order valence-corrected chi connectivity index (χ4v) is 2.14. The molecule has 5 nitrogen and oxygen atoms in total. The van der Waals surface area contributed by atoms with E-state index in [1.165, 1.54) is 0 Å². The lowest BCUT2D eigenvalue weighted by atomic mass is 10.1. The first-order chi connectivity index (χ1) is 9.11.